The maximum atomic E-state index is 6.13. The molecule has 0 unspecified atom stereocenters. The summed E-state index contributed by atoms with van der Waals surface area (Å²) >= 11 is 0. The number of aryl methyl sites for hydroxylation is 2. The van der Waals surface area contributed by atoms with Crippen molar-refractivity contribution in [1.82, 2.24) is 15.0 Å². The third-order valence-electron chi connectivity index (χ3n) is 3.33. The fourth-order valence-corrected chi connectivity index (χ4v) is 2.16. The molecule has 0 saturated heterocycles. The van der Waals surface area contributed by atoms with Gasteiger partial charge in [0.25, 0.3) is 0 Å². The molecule has 0 amide bonds. The maximum Gasteiger partial charge on any atom is 0.248 e. The normalized spacial score (nSPS) is 10.3. The van der Waals surface area contributed by atoms with Crippen LogP contribution in [-0.2, 0) is 0 Å². The van der Waals surface area contributed by atoms with E-state index in [1.54, 1.807) is 24.5 Å². The van der Waals surface area contributed by atoms with Crippen LogP contribution in [0, 0.1) is 13.8 Å². The lowest BCUT2D eigenvalue weighted by atomic mass is 10.1. The average molecular weight is 307 g/mol. The zero-order valence-corrected chi connectivity index (χ0v) is 12.9. The summed E-state index contributed by atoms with van der Waals surface area (Å²) < 4.78 is 5.66. The standard InChI is InChI=1S/C17H17N5O/c1-11-5-6-14(12(2)8-11)22-16-15(18)17(21-10-20-16)23-13-4-3-7-19-9-13/h3-10H,18H2,1-2H3,(H,20,21,22). The van der Waals surface area contributed by atoms with Crippen molar-refractivity contribution in [1.29, 1.82) is 0 Å². The summed E-state index contributed by atoms with van der Waals surface area (Å²) in [5.74, 6) is 1.36. The fraction of sp³-hybridized carbons (Fsp3) is 0.118. The number of rotatable bonds is 4. The van der Waals surface area contributed by atoms with Crippen LogP contribution in [0.2, 0.25) is 0 Å². The number of benzene rings is 1. The molecular weight excluding hydrogens is 290 g/mol. The van der Waals surface area contributed by atoms with E-state index < -0.39 is 0 Å². The van der Waals surface area contributed by atoms with Crippen LogP contribution in [0.5, 0.6) is 11.6 Å². The van der Waals surface area contributed by atoms with Crippen LogP contribution >= 0.6 is 0 Å². The van der Waals surface area contributed by atoms with Gasteiger partial charge in [-0.15, -0.1) is 0 Å². The second-order valence-corrected chi connectivity index (χ2v) is 5.18. The van der Waals surface area contributed by atoms with E-state index >= 15 is 0 Å². The lowest BCUT2D eigenvalue weighted by Crippen LogP contribution is -2.04. The van der Waals surface area contributed by atoms with E-state index in [1.165, 1.54) is 11.9 Å². The molecule has 1 aromatic carbocycles. The summed E-state index contributed by atoms with van der Waals surface area (Å²) in [6.07, 6.45) is 4.68. The largest absolute Gasteiger partial charge is 0.435 e. The Morgan fingerprint density at radius 3 is 2.74 bits per heavy atom. The van der Waals surface area contributed by atoms with E-state index in [1.807, 2.05) is 19.1 Å². The zero-order valence-electron chi connectivity index (χ0n) is 12.9. The van der Waals surface area contributed by atoms with Gasteiger partial charge in [0.05, 0.1) is 6.20 Å². The highest BCUT2D eigenvalue weighted by Crippen LogP contribution is 2.31. The van der Waals surface area contributed by atoms with Crippen LogP contribution in [0.3, 0.4) is 0 Å². The predicted molar refractivity (Wildman–Crippen MR) is 90.0 cm³/mol. The molecule has 6 nitrogen and oxygen atoms in total. The van der Waals surface area contributed by atoms with Gasteiger partial charge in [-0.05, 0) is 37.6 Å². The molecule has 0 fully saturated rings. The number of hydrogen-bond acceptors (Lipinski definition) is 6. The molecule has 2 aromatic heterocycles. The Hall–Kier alpha value is -3.15. The van der Waals surface area contributed by atoms with Gasteiger partial charge in [0.15, 0.2) is 5.82 Å². The number of pyridine rings is 1. The highest BCUT2D eigenvalue weighted by atomic mass is 16.5. The monoisotopic (exact) mass is 307 g/mol. The number of nitrogens with two attached hydrogens (primary N) is 1. The molecule has 0 aliphatic rings. The lowest BCUT2D eigenvalue weighted by molar-refractivity contribution is 0.462. The summed E-state index contributed by atoms with van der Waals surface area (Å²) in [6, 6.07) is 9.67. The lowest BCUT2D eigenvalue weighted by Gasteiger charge is -2.13. The van der Waals surface area contributed by atoms with Crippen molar-refractivity contribution in [2.45, 2.75) is 13.8 Å². The van der Waals surface area contributed by atoms with Gasteiger partial charge in [-0.2, -0.15) is 4.98 Å². The molecule has 6 heteroatoms. The number of nitrogen functional groups attached to an aromatic ring is 1. The third kappa shape index (κ3) is 3.37. The molecule has 3 rings (SSSR count). The number of nitrogens with one attached hydrogen (secondary N) is 1. The Balaban J connectivity index is 1.87. The number of hydrogen-bond donors (Lipinski definition) is 2. The highest BCUT2D eigenvalue weighted by molar-refractivity contribution is 5.73. The second kappa shape index (κ2) is 6.31. The molecule has 116 valence electrons. The molecular formula is C17H17N5O. The topological polar surface area (TPSA) is 86.0 Å². The van der Waals surface area contributed by atoms with E-state index in [2.05, 4.69) is 33.3 Å². The van der Waals surface area contributed by atoms with Gasteiger partial charge >= 0.3 is 0 Å². The van der Waals surface area contributed by atoms with Crippen molar-refractivity contribution in [3.63, 3.8) is 0 Å². The quantitative estimate of drug-likeness (QED) is 0.766. The molecule has 3 aromatic rings. The van der Waals surface area contributed by atoms with Gasteiger partial charge in [0, 0.05) is 11.9 Å². The van der Waals surface area contributed by atoms with E-state index in [0.717, 1.165) is 11.3 Å². The molecule has 3 N–H and O–H groups in total. The summed E-state index contributed by atoms with van der Waals surface area (Å²) in [4.78, 5) is 12.3. The maximum absolute atomic E-state index is 6.13. The van der Waals surface area contributed by atoms with Gasteiger partial charge in [-0.25, -0.2) is 4.98 Å². The minimum atomic E-state index is 0.292. The smallest absolute Gasteiger partial charge is 0.248 e. The van der Waals surface area contributed by atoms with Gasteiger partial charge in [0.2, 0.25) is 5.88 Å². The van der Waals surface area contributed by atoms with E-state index in [0.29, 0.717) is 23.1 Å². The van der Waals surface area contributed by atoms with Crippen LogP contribution in [0.25, 0.3) is 0 Å². The molecule has 0 spiro atoms. The SMILES string of the molecule is Cc1ccc(Nc2ncnc(Oc3cccnc3)c2N)c(C)c1. The van der Waals surface area contributed by atoms with Crippen molar-refractivity contribution in [3.05, 3.63) is 60.2 Å². The van der Waals surface area contributed by atoms with Gasteiger partial charge < -0.3 is 15.8 Å². The molecule has 0 radical (unpaired) electrons. The molecule has 0 bridgehead atoms. The van der Waals surface area contributed by atoms with E-state index in [9.17, 15) is 0 Å². The van der Waals surface area contributed by atoms with Gasteiger partial charge in [-0.3, -0.25) is 4.98 Å². The van der Waals surface area contributed by atoms with E-state index in [-0.39, 0.29) is 0 Å². The minimum Gasteiger partial charge on any atom is -0.435 e. The van der Waals surface area contributed by atoms with Gasteiger partial charge in [-0.1, -0.05) is 17.7 Å². The highest BCUT2D eigenvalue weighted by Gasteiger charge is 2.11. The first-order chi connectivity index (χ1) is 11.1. The second-order valence-electron chi connectivity index (χ2n) is 5.18. The Bertz CT molecular complexity index is 820. The van der Waals surface area contributed by atoms with Crippen LogP contribution in [0.15, 0.2) is 49.1 Å². The van der Waals surface area contributed by atoms with E-state index in [4.69, 9.17) is 10.5 Å². The predicted octanol–water partition coefficient (Wildman–Crippen LogP) is 3.61. The Kier molecular flexibility index (Phi) is 4.05. The number of ether oxygens (including phenoxy) is 1. The Morgan fingerprint density at radius 1 is 1.13 bits per heavy atom. The number of nitrogens with zero attached hydrogens (tertiary/aromatic N) is 3. The zero-order chi connectivity index (χ0) is 16.2. The van der Waals surface area contributed by atoms with Crippen LogP contribution in [-0.4, -0.2) is 15.0 Å². The molecule has 23 heavy (non-hydrogen) atoms. The fourth-order valence-electron chi connectivity index (χ4n) is 2.16. The first-order valence-electron chi connectivity index (χ1n) is 7.16. The summed E-state index contributed by atoms with van der Waals surface area (Å²) in [5.41, 5.74) is 9.72. The molecule has 0 saturated carbocycles. The van der Waals surface area contributed by atoms with Crippen molar-refractivity contribution in [3.8, 4) is 11.6 Å². The van der Waals surface area contributed by atoms with Crippen LogP contribution < -0.4 is 15.8 Å². The van der Waals surface area contributed by atoms with Crippen molar-refractivity contribution >= 4 is 17.2 Å². The number of anilines is 3. The van der Waals surface area contributed by atoms with Crippen LogP contribution in [0.4, 0.5) is 17.2 Å². The van der Waals surface area contributed by atoms with Crippen molar-refractivity contribution in [2.24, 2.45) is 0 Å². The average Bonchev–Trinajstić information content (AvgIpc) is 2.54. The molecule has 0 aliphatic carbocycles. The molecule has 0 atom stereocenters. The van der Waals surface area contributed by atoms with Gasteiger partial charge in [0.1, 0.15) is 17.8 Å². The Morgan fingerprint density at radius 2 is 2.00 bits per heavy atom. The molecule has 0 aliphatic heterocycles. The summed E-state index contributed by atoms with van der Waals surface area (Å²) in [6.45, 7) is 4.08. The number of aromatic nitrogens is 3. The Labute approximate surface area is 134 Å². The summed E-state index contributed by atoms with van der Waals surface area (Å²) in [5, 5.41) is 3.22. The minimum absolute atomic E-state index is 0.292. The third-order valence-corrected chi connectivity index (χ3v) is 3.33. The van der Waals surface area contributed by atoms with Crippen molar-refractivity contribution < 1.29 is 4.74 Å². The first-order valence-corrected chi connectivity index (χ1v) is 7.16. The van der Waals surface area contributed by atoms with Crippen molar-refractivity contribution in [2.75, 3.05) is 11.1 Å². The summed E-state index contributed by atoms with van der Waals surface area (Å²) in [7, 11) is 0. The molecule has 2 heterocycles. The first kappa shape index (κ1) is 14.8. The van der Waals surface area contributed by atoms with Crippen LogP contribution in [0.1, 0.15) is 11.1 Å².